The van der Waals surface area contributed by atoms with Gasteiger partial charge in [0, 0.05) is 11.5 Å². The Balaban J connectivity index is 2.17. The van der Waals surface area contributed by atoms with Gasteiger partial charge in [0.25, 0.3) is 0 Å². The Morgan fingerprint density at radius 2 is 1.59 bits per heavy atom. The molecule has 0 N–H and O–H groups in total. The van der Waals surface area contributed by atoms with Crippen LogP contribution in [0.5, 0.6) is 0 Å². The SMILES string of the molecule is N#CC1=Cc2ccccc2C1c1ccccc1. The van der Waals surface area contributed by atoms with Crippen molar-refractivity contribution in [3.63, 3.8) is 0 Å². The Hall–Kier alpha value is -2.33. The zero-order chi connectivity index (χ0) is 11.7. The van der Waals surface area contributed by atoms with Crippen LogP contribution in [-0.2, 0) is 0 Å². The van der Waals surface area contributed by atoms with Crippen LogP contribution in [0.4, 0.5) is 0 Å². The summed E-state index contributed by atoms with van der Waals surface area (Å²) >= 11 is 0. The van der Waals surface area contributed by atoms with Gasteiger partial charge in [0.1, 0.15) is 0 Å². The van der Waals surface area contributed by atoms with Crippen molar-refractivity contribution >= 4 is 6.08 Å². The van der Waals surface area contributed by atoms with Gasteiger partial charge in [0.05, 0.1) is 6.07 Å². The minimum atomic E-state index is 0.109. The second-order valence-electron chi connectivity index (χ2n) is 4.18. The van der Waals surface area contributed by atoms with Gasteiger partial charge in [0.2, 0.25) is 0 Å². The highest BCUT2D eigenvalue weighted by Crippen LogP contribution is 2.40. The van der Waals surface area contributed by atoms with E-state index in [-0.39, 0.29) is 5.92 Å². The van der Waals surface area contributed by atoms with Gasteiger partial charge in [-0.05, 0) is 22.8 Å². The number of fused-ring (bicyclic) bond motifs is 1. The quantitative estimate of drug-likeness (QED) is 0.713. The smallest absolute Gasteiger partial charge is 0.0957 e. The molecule has 0 bridgehead atoms. The molecule has 0 saturated heterocycles. The summed E-state index contributed by atoms with van der Waals surface area (Å²) in [5, 5.41) is 9.25. The third kappa shape index (κ3) is 1.55. The molecule has 1 unspecified atom stereocenters. The first-order valence-corrected chi connectivity index (χ1v) is 5.66. The second kappa shape index (κ2) is 3.92. The standard InChI is InChI=1S/C16H11N/c17-11-14-10-13-8-4-5-9-15(13)16(14)12-6-2-1-3-7-12/h1-10,16H. The maximum Gasteiger partial charge on any atom is 0.0957 e. The van der Waals surface area contributed by atoms with E-state index < -0.39 is 0 Å². The molecule has 1 aliphatic rings. The minimum Gasteiger partial charge on any atom is -0.193 e. The fourth-order valence-corrected chi connectivity index (χ4v) is 2.43. The largest absolute Gasteiger partial charge is 0.193 e. The van der Waals surface area contributed by atoms with E-state index in [1.165, 1.54) is 11.1 Å². The summed E-state index contributed by atoms with van der Waals surface area (Å²) in [6.45, 7) is 0. The first-order valence-electron chi connectivity index (χ1n) is 5.66. The molecule has 0 radical (unpaired) electrons. The maximum atomic E-state index is 9.25. The molecule has 1 nitrogen and oxygen atoms in total. The van der Waals surface area contributed by atoms with E-state index in [0.717, 1.165) is 11.1 Å². The van der Waals surface area contributed by atoms with Gasteiger partial charge in [-0.15, -0.1) is 0 Å². The van der Waals surface area contributed by atoms with Gasteiger partial charge in [-0.25, -0.2) is 0 Å². The summed E-state index contributed by atoms with van der Waals surface area (Å²) in [7, 11) is 0. The second-order valence-corrected chi connectivity index (χ2v) is 4.18. The topological polar surface area (TPSA) is 23.8 Å². The van der Waals surface area contributed by atoms with Crippen LogP contribution in [0.3, 0.4) is 0 Å². The summed E-state index contributed by atoms with van der Waals surface area (Å²) in [4.78, 5) is 0. The van der Waals surface area contributed by atoms with Crippen LogP contribution in [0.1, 0.15) is 22.6 Å². The van der Waals surface area contributed by atoms with Crippen molar-refractivity contribution in [2.45, 2.75) is 5.92 Å². The molecule has 0 heterocycles. The molecule has 0 fully saturated rings. The summed E-state index contributed by atoms with van der Waals surface area (Å²) in [5.41, 5.74) is 4.41. The van der Waals surface area contributed by atoms with E-state index in [1.54, 1.807) is 0 Å². The molecule has 17 heavy (non-hydrogen) atoms. The zero-order valence-electron chi connectivity index (χ0n) is 9.30. The highest BCUT2D eigenvalue weighted by atomic mass is 14.3. The Bertz CT molecular complexity index is 617. The number of nitriles is 1. The number of rotatable bonds is 1. The van der Waals surface area contributed by atoms with Gasteiger partial charge >= 0.3 is 0 Å². The monoisotopic (exact) mass is 217 g/mol. The Labute approximate surface area is 101 Å². The lowest BCUT2D eigenvalue weighted by Gasteiger charge is -2.13. The Morgan fingerprint density at radius 1 is 0.882 bits per heavy atom. The lowest BCUT2D eigenvalue weighted by molar-refractivity contribution is 1.01. The van der Waals surface area contributed by atoms with Gasteiger partial charge < -0.3 is 0 Å². The number of benzene rings is 2. The average Bonchev–Trinajstić information content (AvgIpc) is 2.78. The van der Waals surface area contributed by atoms with E-state index in [0.29, 0.717) is 0 Å². The molecule has 1 atom stereocenters. The lowest BCUT2D eigenvalue weighted by Crippen LogP contribution is -1.99. The Morgan fingerprint density at radius 3 is 2.35 bits per heavy atom. The lowest BCUT2D eigenvalue weighted by atomic mass is 9.89. The first kappa shape index (κ1) is 9.86. The van der Waals surface area contributed by atoms with Gasteiger partial charge in [-0.1, -0.05) is 54.6 Å². The van der Waals surface area contributed by atoms with Crippen LogP contribution in [0.25, 0.3) is 6.08 Å². The van der Waals surface area contributed by atoms with Crippen molar-refractivity contribution in [3.05, 3.63) is 76.9 Å². The summed E-state index contributed by atoms with van der Waals surface area (Å²) < 4.78 is 0. The van der Waals surface area contributed by atoms with E-state index in [9.17, 15) is 5.26 Å². The van der Waals surface area contributed by atoms with E-state index in [2.05, 4.69) is 30.3 Å². The molecule has 1 aliphatic carbocycles. The fourth-order valence-electron chi connectivity index (χ4n) is 2.43. The van der Waals surface area contributed by atoms with E-state index >= 15 is 0 Å². The fraction of sp³-hybridized carbons (Fsp3) is 0.0625. The van der Waals surface area contributed by atoms with E-state index in [4.69, 9.17) is 0 Å². The van der Waals surface area contributed by atoms with Crippen LogP contribution < -0.4 is 0 Å². The molecular weight excluding hydrogens is 206 g/mol. The zero-order valence-corrected chi connectivity index (χ0v) is 9.30. The molecule has 0 aliphatic heterocycles. The third-order valence-corrected chi connectivity index (χ3v) is 3.19. The highest BCUT2D eigenvalue weighted by Gasteiger charge is 2.25. The number of nitrogens with zero attached hydrogens (tertiary/aromatic N) is 1. The average molecular weight is 217 g/mol. The molecule has 0 aromatic heterocycles. The number of hydrogen-bond donors (Lipinski definition) is 0. The van der Waals surface area contributed by atoms with Crippen molar-refractivity contribution in [1.29, 1.82) is 5.26 Å². The predicted octanol–water partition coefficient (Wildman–Crippen LogP) is 3.74. The number of hydrogen-bond acceptors (Lipinski definition) is 1. The Kier molecular flexibility index (Phi) is 2.27. The predicted molar refractivity (Wildman–Crippen MR) is 68.3 cm³/mol. The van der Waals surface area contributed by atoms with Gasteiger partial charge in [-0.2, -0.15) is 5.26 Å². The molecule has 0 saturated carbocycles. The molecule has 0 amide bonds. The third-order valence-electron chi connectivity index (χ3n) is 3.19. The van der Waals surface area contributed by atoms with Gasteiger partial charge in [-0.3, -0.25) is 0 Å². The van der Waals surface area contributed by atoms with Crippen LogP contribution in [0.15, 0.2) is 60.2 Å². The minimum absolute atomic E-state index is 0.109. The molecule has 80 valence electrons. The molecule has 0 spiro atoms. The van der Waals surface area contributed by atoms with Crippen molar-refractivity contribution in [2.75, 3.05) is 0 Å². The van der Waals surface area contributed by atoms with Crippen LogP contribution >= 0.6 is 0 Å². The summed E-state index contributed by atoms with van der Waals surface area (Å²) in [5.74, 6) is 0.109. The van der Waals surface area contributed by atoms with Crippen LogP contribution in [0, 0.1) is 11.3 Å². The summed E-state index contributed by atoms with van der Waals surface area (Å²) in [6.07, 6.45) is 1.99. The van der Waals surface area contributed by atoms with Gasteiger partial charge in [0.15, 0.2) is 0 Å². The van der Waals surface area contributed by atoms with Crippen molar-refractivity contribution in [2.24, 2.45) is 0 Å². The molecule has 1 heteroatoms. The van der Waals surface area contributed by atoms with Crippen LogP contribution in [-0.4, -0.2) is 0 Å². The normalized spacial score (nSPS) is 17.1. The van der Waals surface area contributed by atoms with E-state index in [1.807, 2.05) is 36.4 Å². The molecule has 2 aromatic carbocycles. The number of allylic oxidation sites excluding steroid dienone is 1. The summed E-state index contributed by atoms with van der Waals surface area (Å²) in [6, 6.07) is 20.7. The molecule has 2 aromatic rings. The molecular formula is C16H11N. The first-order chi connectivity index (χ1) is 8.40. The van der Waals surface area contributed by atoms with Crippen LogP contribution in [0.2, 0.25) is 0 Å². The van der Waals surface area contributed by atoms with Crippen molar-refractivity contribution in [1.82, 2.24) is 0 Å². The van der Waals surface area contributed by atoms with Crippen molar-refractivity contribution in [3.8, 4) is 6.07 Å². The van der Waals surface area contributed by atoms with Crippen molar-refractivity contribution < 1.29 is 0 Å². The molecule has 3 rings (SSSR count). The highest BCUT2D eigenvalue weighted by molar-refractivity contribution is 5.72. The maximum absolute atomic E-state index is 9.25.